The molecule has 0 atom stereocenters. The van der Waals surface area contributed by atoms with E-state index in [0.717, 1.165) is 37.0 Å². The highest BCUT2D eigenvalue weighted by Crippen LogP contribution is 2.34. The number of benzene rings is 1. The van der Waals surface area contributed by atoms with Gasteiger partial charge in [0.2, 0.25) is 0 Å². The molecular formula is C16H23NO. The molecule has 0 aliphatic rings. The fourth-order valence-corrected chi connectivity index (χ4v) is 2.25. The molecule has 1 rings (SSSR count). The van der Waals surface area contributed by atoms with Crippen LogP contribution in [-0.2, 0) is 12.8 Å². The number of nitriles is 1. The van der Waals surface area contributed by atoms with Gasteiger partial charge in [0.1, 0.15) is 5.75 Å². The molecule has 0 radical (unpaired) electrons. The van der Waals surface area contributed by atoms with Gasteiger partial charge in [0.05, 0.1) is 18.6 Å². The molecular weight excluding hydrogens is 222 g/mol. The van der Waals surface area contributed by atoms with Crippen LogP contribution in [0.5, 0.6) is 5.75 Å². The van der Waals surface area contributed by atoms with E-state index < -0.39 is 0 Å². The molecule has 0 aromatic heterocycles. The molecule has 2 heteroatoms. The van der Waals surface area contributed by atoms with Crippen LogP contribution in [-0.4, -0.2) is 7.11 Å². The molecule has 0 N–H and O–H groups in total. The van der Waals surface area contributed by atoms with Gasteiger partial charge in [-0.2, -0.15) is 5.26 Å². The molecule has 0 heterocycles. The Bertz CT molecular complexity index is 427. The van der Waals surface area contributed by atoms with Crippen LogP contribution in [0.2, 0.25) is 0 Å². The van der Waals surface area contributed by atoms with Gasteiger partial charge in [-0.3, -0.25) is 0 Å². The fraction of sp³-hybridized carbons (Fsp3) is 0.562. The normalized spacial score (nSPS) is 11.1. The molecule has 0 aliphatic heterocycles. The highest BCUT2D eigenvalue weighted by molar-refractivity contribution is 5.38. The Morgan fingerprint density at radius 1 is 1.22 bits per heavy atom. The van der Waals surface area contributed by atoms with E-state index >= 15 is 0 Å². The van der Waals surface area contributed by atoms with Crippen molar-refractivity contribution in [1.29, 1.82) is 5.26 Å². The monoisotopic (exact) mass is 245 g/mol. The van der Waals surface area contributed by atoms with Crippen molar-refractivity contribution in [1.82, 2.24) is 0 Å². The molecule has 0 saturated carbocycles. The van der Waals surface area contributed by atoms with Crippen molar-refractivity contribution in [3.8, 4) is 11.8 Å². The predicted molar refractivity (Wildman–Crippen MR) is 74.7 cm³/mol. The largest absolute Gasteiger partial charge is 0.496 e. The molecule has 0 fully saturated rings. The summed E-state index contributed by atoms with van der Waals surface area (Å²) in [6.07, 6.45) is 3.53. The van der Waals surface area contributed by atoms with Gasteiger partial charge in [-0.25, -0.2) is 0 Å². The lowest BCUT2D eigenvalue weighted by molar-refractivity contribution is 0.349. The van der Waals surface area contributed by atoms with E-state index in [1.54, 1.807) is 7.11 Å². The van der Waals surface area contributed by atoms with E-state index in [9.17, 15) is 5.26 Å². The van der Waals surface area contributed by atoms with Crippen LogP contribution in [0.1, 0.15) is 44.7 Å². The van der Waals surface area contributed by atoms with Crippen LogP contribution in [0.4, 0.5) is 0 Å². The molecule has 0 amide bonds. The summed E-state index contributed by atoms with van der Waals surface area (Å²) in [5, 5.41) is 9.44. The molecule has 2 nitrogen and oxygen atoms in total. The molecule has 0 saturated heterocycles. The second-order valence-corrected chi connectivity index (χ2v) is 4.78. The van der Waals surface area contributed by atoms with Crippen LogP contribution >= 0.6 is 0 Å². The van der Waals surface area contributed by atoms with Crippen LogP contribution < -0.4 is 4.74 Å². The van der Waals surface area contributed by atoms with Gasteiger partial charge in [-0.1, -0.05) is 32.9 Å². The first-order chi connectivity index (χ1) is 8.64. The Hall–Kier alpha value is -1.49. The zero-order chi connectivity index (χ0) is 13.6. The summed E-state index contributed by atoms with van der Waals surface area (Å²) in [6, 6.07) is 8.78. The third-order valence-corrected chi connectivity index (χ3v) is 3.87. The molecule has 1 aromatic rings. The number of hydrogen-bond acceptors (Lipinski definition) is 2. The lowest BCUT2D eigenvalue weighted by atomic mass is 9.78. The summed E-state index contributed by atoms with van der Waals surface area (Å²) in [5.74, 6) is 0.897. The second-order valence-electron chi connectivity index (χ2n) is 4.78. The van der Waals surface area contributed by atoms with Crippen molar-refractivity contribution in [3.05, 3.63) is 29.3 Å². The molecule has 0 spiro atoms. The average molecular weight is 245 g/mol. The molecule has 0 unspecified atom stereocenters. The van der Waals surface area contributed by atoms with Gasteiger partial charge >= 0.3 is 0 Å². The summed E-state index contributed by atoms with van der Waals surface area (Å²) >= 11 is 0. The lowest BCUT2D eigenvalue weighted by Crippen LogP contribution is -2.20. The first kappa shape index (κ1) is 14.6. The van der Waals surface area contributed by atoms with Gasteiger partial charge in [0.15, 0.2) is 0 Å². The minimum atomic E-state index is -0.264. The van der Waals surface area contributed by atoms with Gasteiger partial charge in [0.25, 0.3) is 0 Å². The number of ether oxygens (including phenoxy) is 1. The van der Waals surface area contributed by atoms with Gasteiger partial charge < -0.3 is 4.74 Å². The Balaban J connectivity index is 3.12. The van der Waals surface area contributed by atoms with Crippen LogP contribution in [0.3, 0.4) is 0 Å². The molecule has 0 bridgehead atoms. The first-order valence-corrected chi connectivity index (χ1v) is 6.71. The van der Waals surface area contributed by atoms with Gasteiger partial charge in [-0.15, -0.1) is 0 Å². The van der Waals surface area contributed by atoms with E-state index in [4.69, 9.17) is 4.74 Å². The molecule has 18 heavy (non-hydrogen) atoms. The minimum Gasteiger partial charge on any atom is -0.496 e. The maximum absolute atomic E-state index is 9.44. The summed E-state index contributed by atoms with van der Waals surface area (Å²) < 4.78 is 5.41. The number of aryl methyl sites for hydroxylation is 1. The molecule has 98 valence electrons. The quantitative estimate of drug-likeness (QED) is 0.755. The van der Waals surface area contributed by atoms with Crippen LogP contribution in [0.25, 0.3) is 0 Å². The predicted octanol–water partition coefficient (Wildman–Crippen LogP) is 4.13. The van der Waals surface area contributed by atoms with E-state index in [1.807, 2.05) is 6.07 Å². The van der Waals surface area contributed by atoms with Crippen LogP contribution in [0, 0.1) is 16.7 Å². The van der Waals surface area contributed by atoms with E-state index in [2.05, 4.69) is 39.0 Å². The Morgan fingerprint density at radius 3 is 2.33 bits per heavy atom. The van der Waals surface area contributed by atoms with Crippen molar-refractivity contribution >= 4 is 0 Å². The summed E-state index contributed by atoms with van der Waals surface area (Å²) in [6.45, 7) is 6.31. The van der Waals surface area contributed by atoms with Crippen molar-refractivity contribution < 1.29 is 4.74 Å². The summed E-state index contributed by atoms with van der Waals surface area (Å²) in [7, 11) is 1.69. The SMILES string of the molecule is CCc1ccc(OC)c(CC(C#N)(CC)CC)c1. The van der Waals surface area contributed by atoms with Crippen molar-refractivity contribution in [2.24, 2.45) is 5.41 Å². The molecule has 0 aliphatic carbocycles. The maximum Gasteiger partial charge on any atom is 0.122 e. The van der Waals surface area contributed by atoms with E-state index in [-0.39, 0.29) is 5.41 Å². The summed E-state index contributed by atoms with van der Waals surface area (Å²) in [5.41, 5.74) is 2.19. The number of hydrogen-bond donors (Lipinski definition) is 0. The highest BCUT2D eigenvalue weighted by atomic mass is 16.5. The topological polar surface area (TPSA) is 33.0 Å². The smallest absolute Gasteiger partial charge is 0.122 e. The van der Waals surface area contributed by atoms with Crippen molar-refractivity contribution in [2.45, 2.75) is 46.5 Å². The third kappa shape index (κ3) is 3.04. The minimum absolute atomic E-state index is 0.264. The molecule has 1 aromatic carbocycles. The highest BCUT2D eigenvalue weighted by Gasteiger charge is 2.27. The number of nitrogens with zero attached hydrogens (tertiary/aromatic N) is 1. The fourth-order valence-electron chi connectivity index (χ4n) is 2.25. The summed E-state index contributed by atoms with van der Waals surface area (Å²) in [4.78, 5) is 0. The van der Waals surface area contributed by atoms with E-state index in [0.29, 0.717) is 0 Å². The lowest BCUT2D eigenvalue weighted by Gasteiger charge is -2.24. The Kier molecular flexibility index (Phi) is 5.22. The van der Waals surface area contributed by atoms with E-state index in [1.165, 1.54) is 5.56 Å². The van der Waals surface area contributed by atoms with Crippen molar-refractivity contribution in [2.75, 3.05) is 7.11 Å². The Labute approximate surface area is 111 Å². The maximum atomic E-state index is 9.44. The zero-order valence-electron chi connectivity index (χ0n) is 11.9. The van der Waals surface area contributed by atoms with Crippen molar-refractivity contribution in [3.63, 3.8) is 0 Å². The average Bonchev–Trinajstić information content (AvgIpc) is 2.44. The first-order valence-electron chi connectivity index (χ1n) is 6.71. The number of rotatable bonds is 6. The zero-order valence-corrected chi connectivity index (χ0v) is 11.9. The standard InChI is InChI=1S/C16H23NO/c1-5-13-8-9-15(18-4)14(10-13)11-16(6-2,7-3)12-17/h8-10H,5-7,11H2,1-4H3. The third-order valence-electron chi connectivity index (χ3n) is 3.87. The second kappa shape index (κ2) is 6.44. The Morgan fingerprint density at radius 2 is 1.89 bits per heavy atom. The van der Waals surface area contributed by atoms with Crippen LogP contribution in [0.15, 0.2) is 18.2 Å². The van der Waals surface area contributed by atoms with Gasteiger partial charge in [-0.05, 0) is 42.9 Å². The number of methoxy groups -OCH3 is 1. The van der Waals surface area contributed by atoms with Gasteiger partial charge in [0, 0.05) is 0 Å².